The molecule has 12 nitrogen and oxygen atoms in total. The van der Waals surface area contributed by atoms with E-state index in [2.05, 4.69) is 42.9 Å². The number of hydrogen-bond donors (Lipinski definition) is 5. The van der Waals surface area contributed by atoms with Crippen molar-refractivity contribution in [3.63, 3.8) is 0 Å². The summed E-state index contributed by atoms with van der Waals surface area (Å²) in [5.41, 5.74) is 0. The Morgan fingerprint density at radius 2 is 0.708 bits per heavy atom. The van der Waals surface area contributed by atoms with Crippen LogP contribution in [-0.4, -0.2) is 106 Å². The molecule has 0 fully saturated rings. The van der Waals surface area contributed by atoms with Crippen molar-refractivity contribution in [1.29, 1.82) is 0 Å². The predicted molar refractivity (Wildman–Crippen MR) is 285 cm³/mol. The average molecular weight is 1040 g/mol. The second-order valence-corrected chi connectivity index (χ2v) is 24.0. The molecule has 18 heteroatoms. The fourth-order valence-electron chi connectivity index (χ4n) is 6.46. The maximum Gasteiger partial charge on any atom is 0.306 e. The van der Waals surface area contributed by atoms with Gasteiger partial charge in [-0.05, 0) is 76.1 Å². The Bertz CT molecular complexity index is 1170. The van der Waals surface area contributed by atoms with E-state index in [1.54, 1.807) is 71.7 Å². The standard InChI is InChI=1S/C41H71NO11.3C2H6S2/c1-32(39(48)49)22-20-21-29-42-37(45)28-26-34(41(52)53)31-36(44)27-25-33(40(50)51)30-35(43)23-18-16-14-12-10-8-6-4-2-3-5-7-9-11-13-15-17-19-24-38(46)47;3*1-3-4-2/h32-34H,2-31H2,1H3,(H,42,45)(H,46,47)(H,48,49)(H,50,51)(H,52,53);3*1-2H3/t32-,33+,34+;;;/m0.../s1. The van der Waals surface area contributed by atoms with E-state index in [-0.39, 0.29) is 56.6 Å². The van der Waals surface area contributed by atoms with Crippen LogP contribution < -0.4 is 5.32 Å². The third-order valence-corrected chi connectivity index (χ3v) is 14.5. The van der Waals surface area contributed by atoms with Gasteiger partial charge in [0.1, 0.15) is 11.6 Å². The number of unbranched alkanes of at least 4 members (excludes halogenated alkanes) is 18. The highest BCUT2D eigenvalue weighted by atomic mass is 33.1. The monoisotopic (exact) mass is 1040 g/mol. The molecule has 5 N–H and O–H groups in total. The number of ketones is 2. The van der Waals surface area contributed by atoms with Crippen LogP contribution in [0.1, 0.15) is 193 Å². The first-order chi connectivity index (χ1) is 31.1. The molecule has 0 aliphatic rings. The van der Waals surface area contributed by atoms with Gasteiger partial charge in [-0.2, -0.15) is 0 Å². The maximum absolute atomic E-state index is 12.5. The van der Waals surface area contributed by atoms with Crippen LogP contribution in [0, 0.1) is 17.8 Å². The number of carbonyl (C=O) groups is 7. The van der Waals surface area contributed by atoms with Crippen LogP contribution in [-0.2, 0) is 33.6 Å². The Balaban J connectivity index is -0.00000137. The first-order valence-electron chi connectivity index (χ1n) is 23.5. The van der Waals surface area contributed by atoms with E-state index in [1.807, 2.05) is 0 Å². The molecule has 1 amide bonds. The number of rotatable bonds is 42. The lowest BCUT2D eigenvalue weighted by atomic mass is 9.90. The molecule has 0 radical (unpaired) electrons. The first-order valence-corrected chi connectivity index (χ1v) is 32.4. The van der Waals surface area contributed by atoms with Crippen molar-refractivity contribution in [2.24, 2.45) is 17.8 Å². The van der Waals surface area contributed by atoms with Crippen molar-refractivity contribution in [1.82, 2.24) is 5.32 Å². The van der Waals surface area contributed by atoms with Gasteiger partial charge in [-0.25, -0.2) is 0 Å². The van der Waals surface area contributed by atoms with Crippen molar-refractivity contribution in [3.05, 3.63) is 0 Å². The molecule has 0 heterocycles. The molecule has 65 heavy (non-hydrogen) atoms. The Morgan fingerprint density at radius 3 is 1.03 bits per heavy atom. The van der Waals surface area contributed by atoms with E-state index >= 15 is 0 Å². The van der Waals surface area contributed by atoms with Crippen molar-refractivity contribution < 1.29 is 54.0 Å². The van der Waals surface area contributed by atoms with E-state index in [4.69, 9.17) is 10.2 Å². The molecule has 0 unspecified atom stereocenters. The maximum atomic E-state index is 12.5. The van der Waals surface area contributed by atoms with Gasteiger partial charge in [0.15, 0.2) is 0 Å². The minimum atomic E-state index is -1.20. The largest absolute Gasteiger partial charge is 0.481 e. The van der Waals surface area contributed by atoms with Crippen LogP contribution in [0.2, 0.25) is 0 Å². The van der Waals surface area contributed by atoms with E-state index in [9.17, 15) is 43.8 Å². The average Bonchev–Trinajstić information content (AvgIpc) is 3.27. The summed E-state index contributed by atoms with van der Waals surface area (Å²) < 4.78 is 0. The third kappa shape index (κ3) is 58.9. The van der Waals surface area contributed by atoms with Gasteiger partial charge in [0.05, 0.1) is 17.8 Å². The van der Waals surface area contributed by atoms with Crippen LogP contribution in [0.4, 0.5) is 0 Å². The molecule has 0 rings (SSSR count). The zero-order valence-corrected chi connectivity index (χ0v) is 45.9. The molecule has 0 aliphatic heterocycles. The molecule has 384 valence electrons. The minimum absolute atomic E-state index is 0.0346. The highest BCUT2D eigenvalue weighted by Gasteiger charge is 2.25. The molecular formula is C47H89NO11S6. The molecule has 0 aromatic carbocycles. The number of nitrogens with one attached hydrogen (secondary N) is 1. The predicted octanol–water partition coefficient (Wildman–Crippen LogP) is 13.6. The summed E-state index contributed by atoms with van der Waals surface area (Å²) in [6.45, 7) is 1.97. The van der Waals surface area contributed by atoms with Crippen LogP contribution in [0.25, 0.3) is 0 Å². The Kier molecular flexibility index (Phi) is 59.9. The number of aliphatic carboxylic acids is 4. The van der Waals surface area contributed by atoms with Crippen LogP contribution in [0.3, 0.4) is 0 Å². The minimum Gasteiger partial charge on any atom is -0.481 e. The zero-order chi connectivity index (χ0) is 49.9. The summed E-state index contributed by atoms with van der Waals surface area (Å²) in [6, 6.07) is 0. The third-order valence-electron chi connectivity index (χ3n) is 10.5. The molecular weight excluding hydrogens is 947 g/mol. The molecule has 0 bridgehead atoms. The van der Waals surface area contributed by atoms with Gasteiger partial charge in [0.2, 0.25) is 5.91 Å². The summed E-state index contributed by atoms with van der Waals surface area (Å²) in [5, 5.41) is 39.4. The Hall–Kier alpha value is -1.21. The molecule has 0 aliphatic carbocycles. The zero-order valence-electron chi connectivity index (χ0n) is 41.0. The van der Waals surface area contributed by atoms with Crippen LogP contribution in [0.15, 0.2) is 0 Å². The molecule has 0 spiro atoms. The summed E-state index contributed by atoms with van der Waals surface area (Å²) in [4.78, 5) is 82.0. The normalized spacial score (nSPS) is 11.9. The quantitative estimate of drug-likeness (QED) is 0.0284. The number of Topliss-reactive ketones (excluding diaryl/α,β-unsaturated/α-hetero) is 2. The van der Waals surface area contributed by atoms with Crippen molar-refractivity contribution in [3.8, 4) is 0 Å². The van der Waals surface area contributed by atoms with Crippen LogP contribution in [0.5, 0.6) is 0 Å². The van der Waals surface area contributed by atoms with Crippen molar-refractivity contribution in [2.45, 2.75) is 193 Å². The SMILES string of the molecule is CSSC.CSSC.CSSC.C[C@@H](CCCCNC(=O)CC[C@H](CC(=O)CC[C@H](CC(=O)CCCCCCCCCCCCCCCCCCCCC(=O)O)C(=O)O)C(=O)O)C(=O)O. The Morgan fingerprint density at radius 1 is 0.385 bits per heavy atom. The summed E-state index contributed by atoms with van der Waals surface area (Å²) in [6.07, 6.45) is 34.5. The van der Waals surface area contributed by atoms with Crippen molar-refractivity contribution in [2.75, 3.05) is 44.1 Å². The van der Waals surface area contributed by atoms with Gasteiger partial charge in [-0.15, -0.1) is 0 Å². The van der Waals surface area contributed by atoms with Crippen molar-refractivity contribution >= 4 is 106 Å². The van der Waals surface area contributed by atoms with E-state index < -0.39 is 47.4 Å². The van der Waals surface area contributed by atoms with E-state index in [0.717, 1.165) is 38.5 Å². The second kappa shape index (κ2) is 55.4. The van der Waals surface area contributed by atoms with E-state index in [1.165, 1.54) is 70.6 Å². The number of carboxylic acid groups (broad SMARTS) is 4. The topological polar surface area (TPSA) is 212 Å². The first kappa shape index (κ1) is 70.4. The highest BCUT2D eigenvalue weighted by Crippen LogP contribution is 2.20. The van der Waals surface area contributed by atoms with Crippen LogP contribution >= 0.6 is 64.8 Å². The fraction of sp³-hybridized carbons (Fsp3) is 0.851. The second-order valence-electron chi connectivity index (χ2n) is 16.0. The lowest BCUT2D eigenvalue weighted by molar-refractivity contribution is -0.145. The molecule has 0 aromatic rings. The number of hydrogen-bond acceptors (Lipinski definition) is 13. The number of carboxylic acids is 4. The number of amides is 1. The summed E-state index contributed by atoms with van der Waals surface area (Å²) in [7, 11) is 10.6. The fourth-order valence-corrected chi connectivity index (χ4v) is 6.46. The summed E-state index contributed by atoms with van der Waals surface area (Å²) >= 11 is 0. The molecule has 0 saturated heterocycles. The lowest BCUT2D eigenvalue weighted by Crippen LogP contribution is -2.27. The molecule has 0 aromatic heterocycles. The molecule has 3 atom stereocenters. The molecule has 0 saturated carbocycles. The van der Waals surface area contributed by atoms with Gasteiger partial charge in [-0.3, -0.25) is 33.6 Å². The highest BCUT2D eigenvalue weighted by molar-refractivity contribution is 8.76. The summed E-state index contributed by atoms with van der Waals surface area (Å²) in [5.74, 6) is -7.32. The Labute approximate surface area is 417 Å². The smallest absolute Gasteiger partial charge is 0.306 e. The van der Waals surface area contributed by atoms with E-state index in [0.29, 0.717) is 38.6 Å². The van der Waals surface area contributed by atoms with Gasteiger partial charge >= 0.3 is 23.9 Å². The van der Waals surface area contributed by atoms with Gasteiger partial charge < -0.3 is 25.7 Å². The lowest BCUT2D eigenvalue weighted by Gasteiger charge is -2.14. The van der Waals surface area contributed by atoms with Gasteiger partial charge in [0.25, 0.3) is 0 Å². The van der Waals surface area contributed by atoms with Gasteiger partial charge in [-0.1, -0.05) is 181 Å². The van der Waals surface area contributed by atoms with Gasteiger partial charge in [0, 0.05) is 45.1 Å². The number of carbonyl (C=O) groups excluding carboxylic acids is 3.